The number of hydrazine groups is 1. The fraction of sp³-hybridized carbons (Fsp3) is 0.417. The quantitative estimate of drug-likeness (QED) is 0.530. The second-order valence-electron chi connectivity index (χ2n) is 3.93. The zero-order valence-corrected chi connectivity index (χ0v) is 13.9. The molecule has 0 spiro atoms. The highest BCUT2D eigenvalue weighted by atomic mass is 35.5. The second kappa shape index (κ2) is 14.5. The van der Waals surface area contributed by atoms with Crippen molar-refractivity contribution in [3.05, 3.63) is 35.4 Å². The largest absolute Gasteiger partial charge is 0.350 e. The number of carbonyl (C=O) groups is 1. The van der Waals surface area contributed by atoms with Gasteiger partial charge in [0.1, 0.15) is 0 Å². The predicted molar refractivity (Wildman–Crippen MR) is 89.5 cm³/mol. The smallest absolute Gasteiger partial charge is 0.251 e. The average Bonchev–Trinajstić information content (AvgIpc) is 2.26. The molecule has 1 amide bonds. The molecule has 1 aromatic rings. The first-order chi connectivity index (χ1) is 7.63. The van der Waals surface area contributed by atoms with Gasteiger partial charge < -0.3 is 17.6 Å². The summed E-state index contributed by atoms with van der Waals surface area (Å²) in [5, 5.41) is 2.85. The molecule has 0 aliphatic carbocycles. The van der Waals surface area contributed by atoms with Crippen molar-refractivity contribution in [2.75, 3.05) is 7.05 Å². The van der Waals surface area contributed by atoms with Crippen LogP contribution in [0.15, 0.2) is 24.3 Å². The lowest BCUT2D eigenvalue weighted by molar-refractivity contribution is 0.0943. The van der Waals surface area contributed by atoms with E-state index in [1.807, 2.05) is 45.2 Å². The van der Waals surface area contributed by atoms with Gasteiger partial charge in [0.05, 0.1) is 0 Å². The van der Waals surface area contributed by atoms with Crippen molar-refractivity contribution < 1.29 is 4.79 Å². The van der Waals surface area contributed by atoms with E-state index in [0.717, 1.165) is 12.1 Å². The maximum absolute atomic E-state index is 11.6. The molecule has 0 heterocycles. The molecule has 1 aromatic carbocycles. The lowest BCUT2D eigenvalue weighted by Crippen LogP contribution is -2.30. The number of nitrogens with one attached hydrogen (secondary N) is 3. The normalized spacial score (nSPS) is 8.40. The molecular weight excluding hydrogens is 301 g/mol. The third kappa shape index (κ3) is 9.96. The Morgan fingerprint density at radius 1 is 1.10 bits per heavy atom. The number of hydrogen-bond acceptors (Lipinski definition) is 5. The van der Waals surface area contributed by atoms with E-state index in [2.05, 4.69) is 16.2 Å². The fourth-order valence-electron chi connectivity index (χ4n) is 1.31. The first-order valence-electron chi connectivity index (χ1n) is 5.43. The molecule has 0 saturated carbocycles. The van der Waals surface area contributed by atoms with E-state index in [9.17, 15) is 4.79 Å². The van der Waals surface area contributed by atoms with Crippen LogP contribution in [-0.4, -0.2) is 19.0 Å². The standard InChI is InChI=1S/C12H19N3O.2ClH.2H3N/c1-9(2)15-12(16)11-6-4-10(5-7-11)8-14-13-3;;;;/h4-7,9,13-14H,8H2,1-3H3,(H,15,16);2*1H;2*1H3. The maximum Gasteiger partial charge on any atom is 0.251 e. The van der Waals surface area contributed by atoms with E-state index < -0.39 is 0 Å². The van der Waals surface area contributed by atoms with E-state index >= 15 is 0 Å². The fourth-order valence-corrected chi connectivity index (χ4v) is 1.31. The zero-order chi connectivity index (χ0) is 12.0. The molecule has 0 bridgehead atoms. The lowest BCUT2D eigenvalue weighted by atomic mass is 10.1. The summed E-state index contributed by atoms with van der Waals surface area (Å²) in [5.41, 5.74) is 7.68. The van der Waals surface area contributed by atoms with Crippen molar-refractivity contribution in [2.24, 2.45) is 0 Å². The molecule has 0 saturated heterocycles. The molecule has 9 N–H and O–H groups in total. The van der Waals surface area contributed by atoms with Gasteiger partial charge in [0.15, 0.2) is 0 Å². The summed E-state index contributed by atoms with van der Waals surface area (Å²) in [6.45, 7) is 4.63. The predicted octanol–water partition coefficient (Wildman–Crippen LogP) is 2.22. The summed E-state index contributed by atoms with van der Waals surface area (Å²) in [6, 6.07) is 7.73. The van der Waals surface area contributed by atoms with Crippen molar-refractivity contribution in [1.82, 2.24) is 28.5 Å². The highest BCUT2D eigenvalue weighted by Crippen LogP contribution is 2.04. The Balaban J connectivity index is -0.000000320. The Morgan fingerprint density at radius 2 is 1.60 bits per heavy atom. The minimum Gasteiger partial charge on any atom is -0.350 e. The van der Waals surface area contributed by atoms with E-state index in [1.165, 1.54) is 0 Å². The van der Waals surface area contributed by atoms with E-state index in [0.29, 0.717) is 5.56 Å². The molecule has 0 radical (unpaired) electrons. The van der Waals surface area contributed by atoms with Crippen LogP contribution in [0, 0.1) is 0 Å². The van der Waals surface area contributed by atoms with Crippen molar-refractivity contribution in [3.8, 4) is 0 Å². The van der Waals surface area contributed by atoms with Gasteiger partial charge in [-0.1, -0.05) is 12.1 Å². The summed E-state index contributed by atoms with van der Waals surface area (Å²) in [6.07, 6.45) is 0. The molecule has 0 aliphatic rings. The molecule has 20 heavy (non-hydrogen) atoms. The number of benzene rings is 1. The molecule has 0 aromatic heterocycles. The van der Waals surface area contributed by atoms with Gasteiger partial charge in [-0.3, -0.25) is 15.6 Å². The monoisotopic (exact) mass is 327 g/mol. The van der Waals surface area contributed by atoms with Crippen LogP contribution in [0.4, 0.5) is 0 Å². The van der Waals surface area contributed by atoms with Crippen LogP contribution in [0.2, 0.25) is 0 Å². The summed E-state index contributed by atoms with van der Waals surface area (Å²) >= 11 is 0. The topological polar surface area (TPSA) is 123 Å². The van der Waals surface area contributed by atoms with Crippen LogP contribution in [0.25, 0.3) is 0 Å². The Labute approximate surface area is 133 Å². The number of halogens is 2. The van der Waals surface area contributed by atoms with Crippen LogP contribution >= 0.6 is 24.8 Å². The molecular formula is C12H27Cl2N5O. The molecule has 120 valence electrons. The highest BCUT2D eigenvalue weighted by Gasteiger charge is 2.05. The molecule has 0 atom stereocenters. The Morgan fingerprint density at radius 3 is 2.00 bits per heavy atom. The zero-order valence-electron chi connectivity index (χ0n) is 12.2. The molecule has 0 unspecified atom stereocenters. The van der Waals surface area contributed by atoms with E-state index in [-0.39, 0.29) is 49.1 Å². The van der Waals surface area contributed by atoms with Crippen LogP contribution in [0.3, 0.4) is 0 Å². The third-order valence-corrected chi connectivity index (χ3v) is 2.11. The number of carbonyl (C=O) groups excluding carboxylic acids is 1. The third-order valence-electron chi connectivity index (χ3n) is 2.11. The van der Waals surface area contributed by atoms with Crippen molar-refractivity contribution in [2.45, 2.75) is 26.4 Å². The lowest BCUT2D eigenvalue weighted by Gasteiger charge is -2.09. The number of hydrogen-bond donors (Lipinski definition) is 5. The van der Waals surface area contributed by atoms with Crippen LogP contribution in [0.5, 0.6) is 0 Å². The van der Waals surface area contributed by atoms with Gasteiger partial charge in [-0.2, -0.15) is 0 Å². The second-order valence-corrected chi connectivity index (χ2v) is 3.93. The molecule has 6 nitrogen and oxygen atoms in total. The number of rotatable bonds is 5. The molecule has 1 rings (SSSR count). The Hall–Kier alpha value is -0.890. The van der Waals surface area contributed by atoms with Crippen LogP contribution in [0.1, 0.15) is 29.8 Å². The van der Waals surface area contributed by atoms with Crippen LogP contribution < -0.4 is 28.5 Å². The molecule has 0 fully saturated rings. The molecule has 8 heteroatoms. The van der Waals surface area contributed by atoms with Crippen molar-refractivity contribution >= 4 is 30.7 Å². The van der Waals surface area contributed by atoms with Gasteiger partial charge in [0.25, 0.3) is 5.91 Å². The van der Waals surface area contributed by atoms with E-state index in [4.69, 9.17) is 0 Å². The first-order valence-corrected chi connectivity index (χ1v) is 5.43. The highest BCUT2D eigenvalue weighted by molar-refractivity contribution is 5.94. The minimum atomic E-state index is -0.0249. The van der Waals surface area contributed by atoms with Crippen LogP contribution in [-0.2, 0) is 6.54 Å². The summed E-state index contributed by atoms with van der Waals surface area (Å²) in [7, 11) is 1.82. The summed E-state index contributed by atoms with van der Waals surface area (Å²) in [5.74, 6) is -0.0249. The average molecular weight is 328 g/mol. The van der Waals surface area contributed by atoms with E-state index in [1.54, 1.807) is 0 Å². The summed E-state index contributed by atoms with van der Waals surface area (Å²) < 4.78 is 0. The van der Waals surface area contributed by atoms with Gasteiger partial charge >= 0.3 is 0 Å². The molecule has 0 aliphatic heterocycles. The number of amides is 1. The van der Waals surface area contributed by atoms with Gasteiger partial charge in [-0.05, 0) is 38.6 Å². The summed E-state index contributed by atoms with van der Waals surface area (Å²) in [4.78, 5) is 11.6. The van der Waals surface area contributed by atoms with Crippen molar-refractivity contribution in [3.63, 3.8) is 0 Å². The van der Waals surface area contributed by atoms with Gasteiger partial charge in [-0.15, -0.1) is 24.8 Å². The Bertz CT molecular complexity index is 346. The minimum absolute atomic E-state index is 0. The first kappa shape index (κ1) is 27.5. The Kier molecular flexibility index (Phi) is 19.9. The van der Waals surface area contributed by atoms with Gasteiger partial charge in [-0.25, -0.2) is 0 Å². The van der Waals surface area contributed by atoms with Gasteiger partial charge in [0, 0.05) is 18.2 Å². The maximum atomic E-state index is 11.6. The SMILES string of the molecule is CNNCc1ccc(C(=O)NC(C)C)cc1.Cl.Cl.N.N. The van der Waals surface area contributed by atoms with Gasteiger partial charge in [0.2, 0.25) is 0 Å². The van der Waals surface area contributed by atoms with Crippen molar-refractivity contribution in [1.29, 1.82) is 0 Å².